The van der Waals surface area contributed by atoms with Gasteiger partial charge in [0.2, 0.25) is 5.91 Å². The summed E-state index contributed by atoms with van der Waals surface area (Å²) in [7, 11) is 1.51. The molecule has 0 aromatic heterocycles. The molecule has 0 atom stereocenters. The third kappa shape index (κ3) is 6.39. The van der Waals surface area contributed by atoms with E-state index >= 15 is 0 Å². The zero-order valence-electron chi connectivity index (χ0n) is 16.8. The van der Waals surface area contributed by atoms with Crippen LogP contribution in [0.3, 0.4) is 0 Å². The largest absolute Gasteiger partial charge is 0.496 e. The van der Waals surface area contributed by atoms with Crippen molar-refractivity contribution in [1.29, 1.82) is 0 Å². The van der Waals surface area contributed by atoms with Crippen molar-refractivity contribution in [3.8, 4) is 5.75 Å². The second-order valence-corrected chi connectivity index (χ2v) is 6.41. The van der Waals surface area contributed by atoms with Crippen LogP contribution in [0.15, 0.2) is 48.5 Å². The number of benzene rings is 2. The maximum absolute atomic E-state index is 12.5. The van der Waals surface area contributed by atoms with Crippen LogP contribution >= 0.6 is 0 Å². The molecule has 2 rings (SSSR count). The van der Waals surface area contributed by atoms with Crippen LogP contribution < -0.4 is 15.4 Å². The van der Waals surface area contributed by atoms with Crippen molar-refractivity contribution < 1.29 is 14.3 Å². The number of anilines is 1. The number of likely N-dealkylation sites (N-methyl/N-ethyl adjacent to an activating group) is 1. The number of methoxy groups -OCH3 is 1. The Bertz CT molecular complexity index is 774. The highest BCUT2D eigenvalue weighted by Gasteiger charge is 2.14. The molecular weight excluding hydrogens is 354 g/mol. The Morgan fingerprint density at radius 3 is 2.39 bits per heavy atom. The van der Waals surface area contributed by atoms with Crippen LogP contribution in [0.4, 0.5) is 5.69 Å². The van der Waals surface area contributed by atoms with Gasteiger partial charge in [0.15, 0.2) is 0 Å². The van der Waals surface area contributed by atoms with Crippen molar-refractivity contribution in [1.82, 2.24) is 10.2 Å². The molecule has 0 saturated heterocycles. The van der Waals surface area contributed by atoms with Crippen molar-refractivity contribution in [2.75, 3.05) is 38.6 Å². The average Bonchev–Trinajstić information content (AvgIpc) is 2.71. The van der Waals surface area contributed by atoms with E-state index in [-0.39, 0.29) is 18.2 Å². The van der Waals surface area contributed by atoms with Gasteiger partial charge in [-0.25, -0.2) is 0 Å². The van der Waals surface area contributed by atoms with E-state index in [1.54, 1.807) is 18.2 Å². The minimum Gasteiger partial charge on any atom is -0.496 e. The molecule has 2 N–H and O–H groups in total. The van der Waals surface area contributed by atoms with Crippen LogP contribution in [0, 0.1) is 0 Å². The quantitative estimate of drug-likeness (QED) is 0.662. The molecule has 0 unspecified atom stereocenters. The van der Waals surface area contributed by atoms with Crippen molar-refractivity contribution in [3.63, 3.8) is 0 Å². The molecule has 0 spiro atoms. The summed E-state index contributed by atoms with van der Waals surface area (Å²) < 4.78 is 5.35. The van der Waals surface area contributed by atoms with Gasteiger partial charge in [-0.1, -0.05) is 44.2 Å². The highest BCUT2D eigenvalue weighted by Crippen LogP contribution is 2.23. The SMILES string of the molecule is CCN(CC)CCNC(=O)c1ccc(NC(=O)Cc2ccccc2)cc1OC. The van der Waals surface area contributed by atoms with Gasteiger partial charge in [-0.3, -0.25) is 9.59 Å². The fourth-order valence-electron chi connectivity index (χ4n) is 2.91. The van der Waals surface area contributed by atoms with Crippen molar-refractivity contribution in [2.45, 2.75) is 20.3 Å². The van der Waals surface area contributed by atoms with Crippen LogP contribution in [0.25, 0.3) is 0 Å². The van der Waals surface area contributed by atoms with Gasteiger partial charge < -0.3 is 20.3 Å². The lowest BCUT2D eigenvalue weighted by Gasteiger charge is -2.18. The number of carbonyl (C=O) groups is 2. The molecule has 0 bridgehead atoms. The number of carbonyl (C=O) groups excluding carboxylic acids is 2. The van der Waals surface area contributed by atoms with Crippen molar-refractivity contribution >= 4 is 17.5 Å². The predicted octanol–water partition coefficient (Wildman–Crippen LogP) is 2.95. The Morgan fingerprint density at radius 2 is 1.75 bits per heavy atom. The summed E-state index contributed by atoms with van der Waals surface area (Å²) in [5.41, 5.74) is 1.98. The molecule has 0 aliphatic heterocycles. The zero-order chi connectivity index (χ0) is 20.4. The molecule has 150 valence electrons. The lowest BCUT2D eigenvalue weighted by Crippen LogP contribution is -2.34. The molecule has 0 heterocycles. The standard InChI is InChI=1S/C22H29N3O3/c1-4-25(5-2)14-13-23-22(27)19-12-11-18(16-20(19)28-3)24-21(26)15-17-9-7-6-8-10-17/h6-12,16H,4-5,13-15H2,1-3H3,(H,23,27)(H,24,26). The van der Waals surface area contributed by atoms with Gasteiger partial charge >= 0.3 is 0 Å². The van der Waals surface area contributed by atoms with Crippen molar-refractivity contribution in [2.24, 2.45) is 0 Å². The number of hydrogen-bond donors (Lipinski definition) is 2. The molecule has 28 heavy (non-hydrogen) atoms. The van der Waals surface area contributed by atoms with Crippen LogP contribution in [0.5, 0.6) is 5.75 Å². The highest BCUT2D eigenvalue weighted by molar-refractivity contribution is 5.98. The zero-order valence-corrected chi connectivity index (χ0v) is 16.8. The lowest BCUT2D eigenvalue weighted by molar-refractivity contribution is -0.115. The van der Waals surface area contributed by atoms with E-state index in [0.29, 0.717) is 23.5 Å². The maximum Gasteiger partial charge on any atom is 0.255 e. The first kappa shape index (κ1) is 21.4. The molecule has 0 aliphatic rings. The molecule has 0 fully saturated rings. The molecule has 2 aromatic carbocycles. The lowest BCUT2D eigenvalue weighted by atomic mass is 10.1. The summed E-state index contributed by atoms with van der Waals surface area (Å²) in [5, 5.41) is 5.77. The predicted molar refractivity (Wildman–Crippen MR) is 112 cm³/mol. The molecule has 0 aliphatic carbocycles. The Balaban J connectivity index is 1.97. The molecule has 6 nitrogen and oxygen atoms in total. The third-order valence-electron chi connectivity index (χ3n) is 4.55. The fraction of sp³-hybridized carbons (Fsp3) is 0.364. The molecule has 2 aromatic rings. The molecule has 0 saturated carbocycles. The van der Waals surface area contributed by atoms with Gasteiger partial charge in [0, 0.05) is 24.8 Å². The van der Waals surface area contributed by atoms with Gasteiger partial charge in [-0.05, 0) is 30.8 Å². The minimum absolute atomic E-state index is 0.121. The number of rotatable bonds is 10. The Morgan fingerprint density at radius 1 is 1.04 bits per heavy atom. The summed E-state index contributed by atoms with van der Waals surface area (Å²) in [6.07, 6.45) is 0.288. The van der Waals surface area contributed by atoms with Gasteiger partial charge in [0.25, 0.3) is 5.91 Å². The number of amides is 2. The van der Waals surface area contributed by atoms with E-state index in [0.717, 1.165) is 25.2 Å². The molecule has 6 heteroatoms. The van der Waals surface area contributed by atoms with Gasteiger partial charge in [-0.2, -0.15) is 0 Å². The fourth-order valence-corrected chi connectivity index (χ4v) is 2.91. The summed E-state index contributed by atoms with van der Waals surface area (Å²) in [5.74, 6) is 0.119. The van der Waals surface area contributed by atoms with E-state index in [1.165, 1.54) is 7.11 Å². The first-order valence-corrected chi connectivity index (χ1v) is 9.59. The first-order chi connectivity index (χ1) is 13.6. The summed E-state index contributed by atoms with van der Waals surface area (Å²) in [6, 6.07) is 14.6. The topological polar surface area (TPSA) is 70.7 Å². The Labute approximate surface area is 166 Å². The Kier molecular flexibility index (Phi) is 8.49. The van der Waals surface area contributed by atoms with E-state index in [4.69, 9.17) is 4.74 Å². The normalized spacial score (nSPS) is 10.6. The van der Waals surface area contributed by atoms with Gasteiger partial charge in [0.1, 0.15) is 5.75 Å². The first-order valence-electron chi connectivity index (χ1n) is 9.59. The van der Waals surface area contributed by atoms with E-state index < -0.39 is 0 Å². The van der Waals surface area contributed by atoms with Gasteiger partial charge in [-0.15, -0.1) is 0 Å². The Hall–Kier alpha value is -2.86. The monoisotopic (exact) mass is 383 g/mol. The number of nitrogens with one attached hydrogen (secondary N) is 2. The van der Waals surface area contributed by atoms with Gasteiger partial charge in [0.05, 0.1) is 19.1 Å². The minimum atomic E-state index is -0.189. The second kappa shape index (κ2) is 11.1. The average molecular weight is 383 g/mol. The highest BCUT2D eigenvalue weighted by atomic mass is 16.5. The number of hydrogen-bond acceptors (Lipinski definition) is 4. The smallest absolute Gasteiger partial charge is 0.255 e. The van der Waals surface area contributed by atoms with Crippen molar-refractivity contribution in [3.05, 3.63) is 59.7 Å². The summed E-state index contributed by atoms with van der Waals surface area (Å²) in [4.78, 5) is 26.9. The summed E-state index contributed by atoms with van der Waals surface area (Å²) in [6.45, 7) is 7.46. The molecule has 2 amide bonds. The second-order valence-electron chi connectivity index (χ2n) is 6.41. The number of nitrogens with zero attached hydrogens (tertiary/aromatic N) is 1. The van der Waals surface area contributed by atoms with E-state index in [2.05, 4.69) is 29.4 Å². The van der Waals surface area contributed by atoms with E-state index in [9.17, 15) is 9.59 Å². The maximum atomic E-state index is 12.5. The van der Waals surface area contributed by atoms with Crippen LogP contribution in [-0.2, 0) is 11.2 Å². The molecule has 0 radical (unpaired) electrons. The van der Waals surface area contributed by atoms with E-state index in [1.807, 2.05) is 30.3 Å². The van der Waals surface area contributed by atoms with Crippen LogP contribution in [0.2, 0.25) is 0 Å². The summed E-state index contributed by atoms with van der Waals surface area (Å²) >= 11 is 0. The third-order valence-corrected chi connectivity index (χ3v) is 4.55. The molecular formula is C22H29N3O3. The van der Waals surface area contributed by atoms with Crippen LogP contribution in [0.1, 0.15) is 29.8 Å². The number of ether oxygens (including phenoxy) is 1. The van der Waals surface area contributed by atoms with Crippen LogP contribution in [-0.4, -0.2) is 50.0 Å².